The number of nitrogens with two attached hydrogens (primary N) is 1. The fourth-order valence-electron chi connectivity index (χ4n) is 2.70. The van der Waals surface area contributed by atoms with Gasteiger partial charge in [-0.1, -0.05) is 6.08 Å². The van der Waals surface area contributed by atoms with Gasteiger partial charge in [0.05, 0.1) is 5.56 Å². The summed E-state index contributed by atoms with van der Waals surface area (Å²) < 4.78 is 42.6. The Morgan fingerprint density at radius 2 is 2.00 bits per heavy atom. The van der Waals surface area contributed by atoms with Gasteiger partial charge in [-0.25, -0.2) is 0 Å². The number of nitrogens with zero attached hydrogens (tertiary/aromatic N) is 4. The van der Waals surface area contributed by atoms with Crippen LogP contribution in [0, 0.1) is 0 Å². The molecule has 0 unspecified atom stereocenters. The largest absolute Gasteiger partial charge is 0.435 e. The summed E-state index contributed by atoms with van der Waals surface area (Å²) in [7, 11) is 1.68. The predicted molar refractivity (Wildman–Crippen MR) is 76.2 cm³/mol. The smallest absolute Gasteiger partial charge is 0.383 e. The Kier molecular flexibility index (Phi) is 3.46. The highest BCUT2D eigenvalue weighted by Crippen LogP contribution is 2.40. The van der Waals surface area contributed by atoms with Crippen LogP contribution < -0.4 is 5.73 Å². The summed E-state index contributed by atoms with van der Waals surface area (Å²) in [5.41, 5.74) is 5.66. The maximum atomic E-state index is 13.3. The zero-order valence-corrected chi connectivity index (χ0v) is 12.1. The molecule has 0 bridgehead atoms. The molecular weight excluding hydrogens is 295 g/mol. The van der Waals surface area contributed by atoms with E-state index in [4.69, 9.17) is 5.73 Å². The second-order valence-electron chi connectivity index (χ2n) is 5.34. The lowest BCUT2D eigenvalue weighted by Crippen LogP contribution is -2.10. The maximum absolute atomic E-state index is 13.3. The molecule has 3 rings (SSSR count). The summed E-state index contributed by atoms with van der Waals surface area (Å²) in [6, 6.07) is 1.57. The van der Waals surface area contributed by atoms with Gasteiger partial charge in [0.25, 0.3) is 0 Å². The number of halogens is 3. The molecule has 22 heavy (non-hydrogen) atoms. The molecule has 0 spiro atoms. The molecular formula is C14H16F3N5. The highest BCUT2D eigenvalue weighted by molar-refractivity contribution is 5.77. The van der Waals surface area contributed by atoms with Gasteiger partial charge in [-0.05, 0) is 31.3 Å². The number of alkyl halides is 3. The van der Waals surface area contributed by atoms with Crippen molar-refractivity contribution in [3.8, 4) is 5.82 Å². The number of aromatic nitrogens is 4. The minimum Gasteiger partial charge on any atom is -0.383 e. The van der Waals surface area contributed by atoms with E-state index in [9.17, 15) is 13.2 Å². The number of allylic oxidation sites excluding steroid dienone is 2. The lowest BCUT2D eigenvalue weighted by molar-refractivity contribution is -0.141. The first-order valence-corrected chi connectivity index (χ1v) is 7.03. The Labute approximate surface area is 125 Å². The van der Waals surface area contributed by atoms with Crippen molar-refractivity contribution in [2.24, 2.45) is 7.05 Å². The van der Waals surface area contributed by atoms with Crippen LogP contribution in [0.15, 0.2) is 18.3 Å². The molecule has 2 heterocycles. The van der Waals surface area contributed by atoms with Crippen molar-refractivity contribution in [2.75, 3.05) is 5.73 Å². The fraction of sp³-hybridized carbons (Fsp3) is 0.429. The van der Waals surface area contributed by atoms with Crippen LogP contribution in [0.1, 0.15) is 36.9 Å². The van der Waals surface area contributed by atoms with E-state index >= 15 is 0 Å². The molecule has 0 aliphatic heterocycles. The number of anilines is 1. The molecule has 0 atom stereocenters. The molecule has 118 valence electrons. The van der Waals surface area contributed by atoms with Crippen molar-refractivity contribution in [3.63, 3.8) is 0 Å². The Bertz CT molecular complexity index is 723. The number of hydrogen-bond donors (Lipinski definition) is 1. The topological polar surface area (TPSA) is 61.7 Å². The minimum atomic E-state index is -4.55. The SMILES string of the molecule is Cn1ccc(-n2nc(C(F)(F)F)c(C3=CCCCC3)c2N)n1. The normalized spacial score (nSPS) is 15.9. The van der Waals surface area contributed by atoms with Crippen LogP contribution in [0.25, 0.3) is 11.4 Å². The maximum Gasteiger partial charge on any atom is 0.435 e. The van der Waals surface area contributed by atoms with E-state index in [2.05, 4.69) is 10.2 Å². The van der Waals surface area contributed by atoms with E-state index in [1.165, 1.54) is 4.68 Å². The van der Waals surface area contributed by atoms with Crippen LogP contribution >= 0.6 is 0 Å². The molecule has 0 radical (unpaired) electrons. The molecule has 2 N–H and O–H groups in total. The highest BCUT2D eigenvalue weighted by atomic mass is 19.4. The van der Waals surface area contributed by atoms with Crippen LogP contribution in [0.5, 0.6) is 0 Å². The van der Waals surface area contributed by atoms with E-state index in [1.54, 1.807) is 19.3 Å². The van der Waals surface area contributed by atoms with Gasteiger partial charge in [0.2, 0.25) is 0 Å². The van der Waals surface area contributed by atoms with E-state index in [0.29, 0.717) is 12.0 Å². The van der Waals surface area contributed by atoms with Crippen molar-refractivity contribution in [1.29, 1.82) is 0 Å². The lowest BCUT2D eigenvalue weighted by Gasteiger charge is -2.14. The monoisotopic (exact) mass is 311 g/mol. The number of hydrogen-bond acceptors (Lipinski definition) is 3. The van der Waals surface area contributed by atoms with Crippen LogP contribution in [-0.2, 0) is 13.2 Å². The zero-order chi connectivity index (χ0) is 15.9. The molecule has 2 aromatic heterocycles. The van der Waals surface area contributed by atoms with E-state index < -0.39 is 11.9 Å². The van der Waals surface area contributed by atoms with E-state index in [-0.39, 0.29) is 17.2 Å². The Morgan fingerprint density at radius 3 is 2.55 bits per heavy atom. The van der Waals surface area contributed by atoms with Gasteiger partial charge < -0.3 is 5.73 Å². The molecule has 1 aliphatic carbocycles. The summed E-state index contributed by atoms with van der Waals surface area (Å²) in [6.45, 7) is 0. The Balaban J connectivity index is 2.18. The fourth-order valence-corrected chi connectivity index (χ4v) is 2.70. The molecule has 0 saturated heterocycles. The summed E-state index contributed by atoms with van der Waals surface area (Å²) in [5.74, 6) is 0.257. The lowest BCUT2D eigenvalue weighted by atomic mass is 9.93. The van der Waals surface area contributed by atoms with Gasteiger partial charge in [0, 0.05) is 19.3 Å². The Morgan fingerprint density at radius 1 is 1.23 bits per heavy atom. The zero-order valence-electron chi connectivity index (χ0n) is 12.1. The van der Waals surface area contributed by atoms with Gasteiger partial charge in [0.1, 0.15) is 5.82 Å². The second kappa shape index (κ2) is 5.19. The summed E-state index contributed by atoms with van der Waals surface area (Å²) in [4.78, 5) is 0. The van der Waals surface area contributed by atoms with Crippen LogP contribution in [0.4, 0.5) is 19.0 Å². The first-order valence-electron chi connectivity index (χ1n) is 7.03. The third-order valence-electron chi connectivity index (χ3n) is 3.72. The van der Waals surface area contributed by atoms with Gasteiger partial charge in [-0.3, -0.25) is 4.68 Å². The van der Waals surface area contributed by atoms with Gasteiger partial charge in [0.15, 0.2) is 11.5 Å². The quantitative estimate of drug-likeness (QED) is 0.926. The third kappa shape index (κ3) is 2.49. The summed E-state index contributed by atoms with van der Waals surface area (Å²) >= 11 is 0. The summed E-state index contributed by atoms with van der Waals surface area (Å²) in [6.07, 6.45) is 2.10. The van der Waals surface area contributed by atoms with Crippen molar-refractivity contribution in [3.05, 3.63) is 29.6 Å². The number of nitrogen functional groups attached to an aromatic ring is 1. The molecule has 8 heteroatoms. The predicted octanol–water partition coefficient (Wildman–Crippen LogP) is 3.16. The molecule has 0 saturated carbocycles. The van der Waals surface area contributed by atoms with Crippen molar-refractivity contribution < 1.29 is 13.2 Å². The van der Waals surface area contributed by atoms with Crippen LogP contribution in [0.2, 0.25) is 0 Å². The Hall–Kier alpha value is -2.25. The van der Waals surface area contributed by atoms with Crippen molar-refractivity contribution in [2.45, 2.75) is 31.9 Å². The number of rotatable bonds is 2. The van der Waals surface area contributed by atoms with Crippen LogP contribution in [0.3, 0.4) is 0 Å². The van der Waals surface area contributed by atoms with Crippen molar-refractivity contribution >= 4 is 11.4 Å². The third-order valence-corrected chi connectivity index (χ3v) is 3.72. The second-order valence-corrected chi connectivity index (χ2v) is 5.34. The van der Waals surface area contributed by atoms with E-state index in [0.717, 1.165) is 23.9 Å². The van der Waals surface area contributed by atoms with E-state index in [1.807, 2.05) is 6.08 Å². The first kappa shape index (κ1) is 14.7. The first-order chi connectivity index (χ1) is 10.4. The average Bonchev–Trinajstić information content (AvgIpc) is 3.03. The molecule has 1 aliphatic rings. The molecule has 0 amide bonds. The molecule has 0 aromatic carbocycles. The average molecular weight is 311 g/mol. The standard InChI is InChI=1S/C14H16F3N5/c1-21-8-7-10(19-21)22-13(18)11(9-5-3-2-4-6-9)12(20-22)14(15,16)17/h5,7-8H,2-4,6,18H2,1H3. The molecule has 5 nitrogen and oxygen atoms in total. The summed E-state index contributed by atoms with van der Waals surface area (Å²) in [5, 5.41) is 7.76. The van der Waals surface area contributed by atoms with Gasteiger partial charge in [-0.15, -0.1) is 0 Å². The minimum absolute atomic E-state index is 0.00199. The van der Waals surface area contributed by atoms with Crippen molar-refractivity contribution in [1.82, 2.24) is 19.6 Å². The highest BCUT2D eigenvalue weighted by Gasteiger charge is 2.40. The van der Waals surface area contributed by atoms with Gasteiger partial charge in [-0.2, -0.15) is 28.1 Å². The van der Waals surface area contributed by atoms with Gasteiger partial charge >= 0.3 is 6.18 Å². The van der Waals surface area contributed by atoms with Crippen LogP contribution in [-0.4, -0.2) is 19.6 Å². The molecule has 0 fully saturated rings. The molecule has 2 aromatic rings. The number of aryl methyl sites for hydroxylation is 1.